The smallest absolute Gasteiger partial charge is 0.209 e. The second kappa shape index (κ2) is 7.76. The molecule has 0 radical (unpaired) electrons. The Balaban J connectivity index is 1.87. The average Bonchev–Trinajstić information content (AvgIpc) is 2.58. The van der Waals surface area contributed by atoms with Crippen molar-refractivity contribution in [2.45, 2.75) is 26.5 Å². The lowest BCUT2D eigenvalue weighted by Crippen LogP contribution is -2.45. The molecule has 1 aliphatic heterocycles. The molecule has 3 nitrogen and oxygen atoms in total. The molecule has 0 spiro atoms. The average molecular weight is 377 g/mol. The summed E-state index contributed by atoms with van der Waals surface area (Å²) in [6, 6.07) is 12.6. The molecule has 0 atom stereocenters. The van der Waals surface area contributed by atoms with Crippen LogP contribution in [0.5, 0.6) is 0 Å². The van der Waals surface area contributed by atoms with Crippen molar-refractivity contribution in [3.63, 3.8) is 0 Å². The van der Waals surface area contributed by atoms with Crippen LogP contribution in [-0.4, -0.2) is 37.5 Å². The van der Waals surface area contributed by atoms with Crippen LogP contribution in [0.25, 0.3) is 0 Å². The van der Waals surface area contributed by atoms with Gasteiger partial charge in [0.05, 0.1) is 5.69 Å². The highest BCUT2D eigenvalue weighted by atomic mass is 32.2. The molecule has 126 valence electrons. The van der Waals surface area contributed by atoms with Gasteiger partial charge in [-0.05, 0) is 42.8 Å². The summed E-state index contributed by atoms with van der Waals surface area (Å²) >= 11 is 10.7. The maximum atomic E-state index is 10.9. The van der Waals surface area contributed by atoms with Gasteiger partial charge in [-0.1, -0.05) is 17.8 Å². The number of hydrogen-bond acceptors (Lipinski definition) is 5. The van der Waals surface area contributed by atoms with Gasteiger partial charge in [-0.25, -0.2) is 0 Å². The molecule has 3 rings (SSSR count). The number of hydrogen-bond donors (Lipinski definition) is 2. The summed E-state index contributed by atoms with van der Waals surface area (Å²) in [6.07, 6.45) is 0.939. The number of carbonyl (C=O) groups is 1. The molecule has 0 unspecified atom stereocenters. The van der Waals surface area contributed by atoms with Crippen LogP contribution in [0.2, 0.25) is 0 Å². The lowest BCUT2D eigenvalue weighted by atomic mass is 10.2. The van der Waals surface area contributed by atoms with Crippen LogP contribution in [0, 0.1) is 6.92 Å². The molecule has 0 aromatic heterocycles. The summed E-state index contributed by atoms with van der Waals surface area (Å²) in [6.45, 7) is 5.37. The monoisotopic (exact) mass is 376 g/mol. The Morgan fingerprint density at radius 2 is 1.75 bits per heavy atom. The number of benzene rings is 2. The van der Waals surface area contributed by atoms with Crippen molar-refractivity contribution in [2.75, 3.05) is 31.1 Å². The first kappa shape index (κ1) is 17.6. The first-order valence-corrected chi connectivity index (χ1v) is 9.52. The van der Waals surface area contributed by atoms with Crippen molar-refractivity contribution in [2.24, 2.45) is 0 Å². The molecular weight excluding hydrogens is 356 g/mol. The number of anilines is 1. The van der Waals surface area contributed by atoms with Crippen molar-refractivity contribution in [3.05, 3.63) is 42.0 Å². The van der Waals surface area contributed by atoms with Gasteiger partial charge < -0.3 is 9.80 Å². The normalized spacial score (nSPS) is 14.8. The Hall–Kier alpha value is -1.24. The zero-order valence-corrected chi connectivity index (χ0v) is 16.1. The number of thiol groups is 2. The quantitative estimate of drug-likeness (QED) is 0.623. The van der Waals surface area contributed by atoms with E-state index in [0.29, 0.717) is 0 Å². The van der Waals surface area contributed by atoms with Crippen LogP contribution < -0.4 is 4.90 Å². The van der Waals surface area contributed by atoms with Gasteiger partial charge in [-0.3, -0.25) is 4.79 Å². The Bertz CT molecular complexity index is 743. The van der Waals surface area contributed by atoms with E-state index in [1.165, 1.54) is 16.1 Å². The van der Waals surface area contributed by atoms with Crippen LogP contribution in [0.1, 0.15) is 5.56 Å². The van der Waals surface area contributed by atoms with Crippen LogP contribution >= 0.6 is 37.0 Å². The predicted molar refractivity (Wildman–Crippen MR) is 106 cm³/mol. The van der Waals surface area contributed by atoms with E-state index in [-0.39, 0.29) is 0 Å². The SMILES string of the molecule is Cc1ccc(N2CCN(C=O)CC2)c(Sc2ccc(S)cc2S)c1. The third-order valence-corrected chi connectivity index (χ3v) is 6.00. The van der Waals surface area contributed by atoms with Gasteiger partial charge in [0.1, 0.15) is 0 Å². The van der Waals surface area contributed by atoms with Crippen molar-refractivity contribution >= 4 is 49.1 Å². The fourth-order valence-corrected chi connectivity index (χ4v) is 4.48. The van der Waals surface area contributed by atoms with Crippen molar-refractivity contribution in [1.29, 1.82) is 0 Å². The summed E-state index contributed by atoms with van der Waals surface area (Å²) in [5.41, 5.74) is 2.46. The minimum Gasteiger partial charge on any atom is -0.367 e. The first-order chi connectivity index (χ1) is 11.6. The van der Waals surface area contributed by atoms with Gasteiger partial charge in [0.25, 0.3) is 0 Å². The molecule has 1 fully saturated rings. The van der Waals surface area contributed by atoms with E-state index in [2.05, 4.69) is 61.3 Å². The highest BCUT2D eigenvalue weighted by molar-refractivity contribution is 8.00. The van der Waals surface area contributed by atoms with Crippen molar-refractivity contribution in [3.8, 4) is 0 Å². The van der Waals surface area contributed by atoms with Gasteiger partial charge in [0.2, 0.25) is 6.41 Å². The van der Waals surface area contributed by atoms with Gasteiger partial charge in [0.15, 0.2) is 0 Å². The second-order valence-electron chi connectivity index (χ2n) is 5.85. The Kier molecular flexibility index (Phi) is 5.69. The molecule has 0 saturated carbocycles. The second-order valence-corrected chi connectivity index (χ2v) is 7.94. The van der Waals surface area contributed by atoms with Crippen LogP contribution in [0.4, 0.5) is 5.69 Å². The summed E-state index contributed by atoms with van der Waals surface area (Å²) in [4.78, 5) is 19.3. The molecule has 1 saturated heterocycles. The fraction of sp³-hybridized carbons (Fsp3) is 0.278. The number of aryl methyl sites for hydroxylation is 1. The predicted octanol–water partition coefficient (Wildman–Crippen LogP) is 4.00. The zero-order chi connectivity index (χ0) is 17.1. The number of rotatable bonds is 4. The molecule has 1 aliphatic rings. The Morgan fingerprint density at radius 1 is 1.00 bits per heavy atom. The van der Waals surface area contributed by atoms with E-state index in [9.17, 15) is 4.79 Å². The molecule has 0 bridgehead atoms. The molecule has 6 heteroatoms. The van der Waals surface area contributed by atoms with E-state index in [0.717, 1.165) is 47.3 Å². The van der Waals surface area contributed by atoms with E-state index in [1.807, 2.05) is 17.0 Å². The minimum absolute atomic E-state index is 0.771. The van der Waals surface area contributed by atoms with Gasteiger partial charge >= 0.3 is 0 Å². The molecule has 2 aromatic rings. The number of nitrogens with zero attached hydrogens (tertiary/aromatic N) is 2. The van der Waals surface area contributed by atoms with Crippen LogP contribution in [-0.2, 0) is 4.79 Å². The van der Waals surface area contributed by atoms with Crippen molar-refractivity contribution < 1.29 is 4.79 Å². The first-order valence-electron chi connectivity index (χ1n) is 7.81. The van der Waals surface area contributed by atoms with E-state index in [1.54, 1.807) is 11.8 Å². The molecule has 0 N–H and O–H groups in total. The lowest BCUT2D eigenvalue weighted by Gasteiger charge is -2.35. The number of amides is 1. The molecular formula is C18H20N2OS3. The van der Waals surface area contributed by atoms with Gasteiger partial charge in [-0.15, -0.1) is 25.3 Å². The molecule has 2 aromatic carbocycles. The minimum atomic E-state index is 0.771. The maximum Gasteiger partial charge on any atom is 0.209 e. The molecule has 1 amide bonds. The van der Waals surface area contributed by atoms with Crippen LogP contribution in [0.15, 0.2) is 56.0 Å². The molecule has 24 heavy (non-hydrogen) atoms. The molecule has 0 aliphatic carbocycles. The summed E-state index contributed by atoms with van der Waals surface area (Å²) in [7, 11) is 0. The largest absolute Gasteiger partial charge is 0.367 e. The Labute approximate surface area is 158 Å². The summed E-state index contributed by atoms with van der Waals surface area (Å²) in [5, 5.41) is 0. The molecule has 1 heterocycles. The standard InChI is InChI=1S/C18H20N2OS3/c1-13-2-4-15(20-8-6-19(12-21)7-9-20)18(10-13)24-17-5-3-14(22)11-16(17)23/h2-5,10-12,22-23H,6-9H2,1H3. The van der Waals surface area contributed by atoms with Crippen LogP contribution in [0.3, 0.4) is 0 Å². The summed E-state index contributed by atoms with van der Waals surface area (Å²) in [5.74, 6) is 0. The third kappa shape index (κ3) is 4.05. The highest BCUT2D eigenvalue weighted by Crippen LogP contribution is 2.39. The highest BCUT2D eigenvalue weighted by Gasteiger charge is 2.19. The van der Waals surface area contributed by atoms with E-state index < -0.39 is 0 Å². The van der Waals surface area contributed by atoms with E-state index >= 15 is 0 Å². The summed E-state index contributed by atoms with van der Waals surface area (Å²) < 4.78 is 0. The van der Waals surface area contributed by atoms with Gasteiger partial charge in [-0.2, -0.15) is 0 Å². The van der Waals surface area contributed by atoms with Crippen molar-refractivity contribution in [1.82, 2.24) is 4.90 Å². The van der Waals surface area contributed by atoms with Gasteiger partial charge in [0, 0.05) is 45.8 Å². The Morgan fingerprint density at radius 3 is 2.42 bits per heavy atom. The zero-order valence-electron chi connectivity index (χ0n) is 13.5. The lowest BCUT2D eigenvalue weighted by molar-refractivity contribution is -0.118. The topological polar surface area (TPSA) is 23.6 Å². The number of carbonyl (C=O) groups excluding carboxylic acids is 1. The third-order valence-electron chi connectivity index (χ3n) is 4.08. The van der Waals surface area contributed by atoms with E-state index in [4.69, 9.17) is 0 Å². The maximum absolute atomic E-state index is 10.9. The number of piperazine rings is 1. The fourth-order valence-electron chi connectivity index (χ4n) is 2.74.